The topological polar surface area (TPSA) is 85.3 Å². The number of halogens is 1. The molecule has 2 aromatic heterocycles. The molecule has 0 saturated heterocycles. The second kappa shape index (κ2) is 8.36. The quantitative estimate of drug-likeness (QED) is 0.409. The fourth-order valence-electron chi connectivity index (χ4n) is 3.60. The Hall–Kier alpha value is -3.84. The molecule has 7 nitrogen and oxygen atoms in total. The number of furan rings is 1. The molecule has 1 aliphatic heterocycles. The fourth-order valence-corrected chi connectivity index (χ4v) is 3.73. The Bertz CT molecular complexity index is 1360. The first-order chi connectivity index (χ1) is 15.6. The lowest BCUT2D eigenvalue weighted by Crippen LogP contribution is -2.31. The van der Waals surface area contributed by atoms with E-state index in [9.17, 15) is 9.59 Å². The summed E-state index contributed by atoms with van der Waals surface area (Å²) in [7, 11) is 0. The highest BCUT2D eigenvalue weighted by Gasteiger charge is 2.35. The minimum atomic E-state index is -0.451. The van der Waals surface area contributed by atoms with Crippen molar-refractivity contribution in [2.75, 3.05) is 6.61 Å². The highest BCUT2D eigenvalue weighted by atomic mass is 35.5. The molecule has 8 heteroatoms. The Morgan fingerprint density at radius 2 is 1.94 bits per heavy atom. The molecule has 0 aliphatic carbocycles. The zero-order valence-electron chi connectivity index (χ0n) is 16.7. The number of carbonyl (C=O) groups is 1. The van der Waals surface area contributed by atoms with E-state index >= 15 is 0 Å². The maximum absolute atomic E-state index is 13.0. The van der Waals surface area contributed by atoms with Crippen molar-refractivity contribution in [3.05, 3.63) is 99.8 Å². The number of carbonyl (C=O) groups excluding carboxylic acids is 1. The predicted molar refractivity (Wildman–Crippen MR) is 119 cm³/mol. The Morgan fingerprint density at radius 1 is 1.12 bits per heavy atom. The maximum atomic E-state index is 13.0. The number of fused-ring (bicyclic) bond motifs is 1. The maximum Gasteiger partial charge on any atom is 0.336 e. The second-order valence-electron chi connectivity index (χ2n) is 7.27. The van der Waals surface area contributed by atoms with Gasteiger partial charge < -0.3 is 13.6 Å². The van der Waals surface area contributed by atoms with Crippen LogP contribution in [0.2, 0.25) is 5.02 Å². The highest BCUT2D eigenvalue weighted by molar-refractivity contribution is 6.30. The van der Waals surface area contributed by atoms with Gasteiger partial charge in [-0.25, -0.2) is 9.80 Å². The van der Waals surface area contributed by atoms with Crippen LogP contribution in [0.15, 0.2) is 91.7 Å². The van der Waals surface area contributed by atoms with Crippen LogP contribution >= 0.6 is 11.6 Å². The fraction of sp³-hybridized carbons (Fsp3) is 0.125. The number of nitrogens with zero attached hydrogens (tertiary/aromatic N) is 2. The number of benzene rings is 2. The van der Waals surface area contributed by atoms with Gasteiger partial charge in [0.15, 0.2) is 6.61 Å². The first-order valence-electron chi connectivity index (χ1n) is 9.92. The van der Waals surface area contributed by atoms with Gasteiger partial charge in [-0.2, -0.15) is 5.10 Å². The van der Waals surface area contributed by atoms with Crippen LogP contribution in [-0.2, 0) is 4.79 Å². The number of hydrazone groups is 1. The Labute approximate surface area is 187 Å². The van der Waals surface area contributed by atoms with Crippen molar-refractivity contribution in [2.24, 2.45) is 5.10 Å². The summed E-state index contributed by atoms with van der Waals surface area (Å²) in [5.74, 6) is 0.722. The average molecular weight is 449 g/mol. The van der Waals surface area contributed by atoms with E-state index < -0.39 is 5.63 Å². The minimum Gasteiger partial charge on any atom is -0.484 e. The van der Waals surface area contributed by atoms with E-state index in [1.54, 1.807) is 48.7 Å². The van der Waals surface area contributed by atoms with Crippen LogP contribution in [0.4, 0.5) is 0 Å². The number of hydrogen-bond acceptors (Lipinski definition) is 6. The van der Waals surface area contributed by atoms with Gasteiger partial charge in [0.1, 0.15) is 23.1 Å². The molecule has 1 aliphatic rings. The lowest BCUT2D eigenvalue weighted by molar-refractivity contribution is -0.135. The number of ether oxygens (including phenoxy) is 1. The molecule has 0 radical (unpaired) electrons. The van der Waals surface area contributed by atoms with Gasteiger partial charge in [0.2, 0.25) is 0 Å². The normalized spacial score (nSPS) is 15.7. The van der Waals surface area contributed by atoms with Crippen molar-refractivity contribution in [3.8, 4) is 5.75 Å². The number of amides is 1. The Morgan fingerprint density at radius 3 is 2.72 bits per heavy atom. The molecular formula is C24H17ClN2O5. The van der Waals surface area contributed by atoms with Crippen LogP contribution < -0.4 is 10.4 Å². The van der Waals surface area contributed by atoms with Gasteiger partial charge >= 0.3 is 5.63 Å². The number of rotatable bonds is 5. The smallest absolute Gasteiger partial charge is 0.336 e. The SMILES string of the molecule is O=C(COc1ccc2ccc(=O)oc2c1)N1N=C(c2ccc(Cl)cc2)CC1c1ccco1. The van der Waals surface area contributed by atoms with Gasteiger partial charge in [0, 0.05) is 29.0 Å². The largest absolute Gasteiger partial charge is 0.484 e. The molecule has 5 rings (SSSR count). The summed E-state index contributed by atoms with van der Waals surface area (Å²) in [6, 6.07) is 18.6. The van der Waals surface area contributed by atoms with Crippen molar-refractivity contribution in [1.82, 2.24) is 5.01 Å². The van der Waals surface area contributed by atoms with Gasteiger partial charge in [-0.15, -0.1) is 0 Å². The third kappa shape index (κ3) is 4.02. The molecule has 2 aromatic carbocycles. The molecule has 1 unspecified atom stereocenters. The molecule has 0 bridgehead atoms. The first kappa shape index (κ1) is 20.1. The molecule has 32 heavy (non-hydrogen) atoms. The summed E-state index contributed by atoms with van der Waals surface area (Å²) in [5, 5.41) is 7.34. The standard InChI is InChI=1S/C24H17ClN2O5/c25-17-7-3-15(4-8-17)19-13-20(21-2-1-11-30-21)27(26-19)23(28)14-31-18-9-5-16-6-10-24(29)32-22(16)12-18/h1-12,20H,13-14H2. The molecule has 160 valence electrons. The van der Waals surface area contributed by atoms with Crippen LogP contribution in [0.1, 0.15) is 23.8 Å². The van der Waals surface area contributed by atoms with Gasteiger partial charge in [-0.1, -0.05) is 23.7 Å². The van der Waals surface area contributed by atoms with Gasteiger partial charge in [-0.05, 0) is 48.0 Å². The zero-order valence-corrected chi connectivity index (χ0v) is 17.5. The molecular weight excluding hydrogens is 432 g/mol. The van der Waals surface area contributed by atoms with E-state index in [1.165, 1.54) is 11.1 Å². The van der Waals surface area contributed by atoms with E-state index in [2.05, 4.69) is 5.10 Å². The van der Waals surface area contributed by atoms with Gasteiger partial charge in [0.05, 0.1) is 12.0 Å². The third-order valence-corrected chi connectivity index (χ3v) is 5.42. The molecule has 4 aromatic rings. The van der Waals surface area contributed by atoms with Crippen molar-refractivity contribution < 1.29 is 18.4 Å². The number of hydrogen-bond donors (Lipinski definition) is 0. The van der Waals surface area contributed by atoms with Crippen LogP contribution in [0.3, 0.4) is 0 Å². The van der Waals surface area contributed by atoms with Gasteiger partial charge in [-0.3, -0.25) is 4.79 Å². The summed E-state index contributed by atoms with van der Waals surface area (Å²) in [6.07, 6.45) is 2.07. The van der Waals surface area contributed by atoms with Gasteiger partial charge in [0.25, 0.3) is 5.91 Å². The van der Waals surface area contributed by atoms with Crippen LogP contribution in [0.25, 0.3) is 11.0 Å². The average Bonchev–Trinajstić information content (AvgIpc) is 3.48. The van der Waals surface area contributed by atoms with Crippen molar-refractivity contribution in [1.29, 1.82) is 0 Å². The zero-order chi connectivity index (χ0) is 22.1. The third-order valence-electron chi connectivity index (χ3n) is 5.17. The lowest BCUT2D eigenvalue weighted by Gasteiger charge is -2.20. The molecule has 0 N–H and O–H groups in total. The van der Waals surface area contributed by atoms with E-state index in [1.807, 2.05) is 18.2 Å². The van der Waals surface area contributed by atoms with Crippen molar-refractivity contribution in [3.63, 3.8) is 0 Å². The molecule has 0 fully saturated rings. The van der Waals surface area contributed by atoms with Crippen LogP contribution in [-0.4, -0.2) is 23.2 Å². The molecule has 0 spiro atoms. The van der Waals surface area contributed by atoms with Crippen LogP contribution in [0.5, 0.6) is 5.75 Å². The highest BCUT2D eigenvalue weighted by Crippen LogP contribution is 2.33. The van der Waals surface area contributed by atoms with E-state index in [0.29, 0.717) is 28.5 Å². The predicted octanol–water partition coefficient (Wildman–Crippen LogP) is 4.80. The Kier molecular flexibility index (Phi) is 5.25. The minimum absolute atomic E-state index is 0.239. The monoisotopic (exact) mass is 448 g/mol. The molecule has 3 heterocycles. The van der Waals surface area contributed by atoms with E-state index in [-0.39, 0.29) is 18.6 Å². The molecule has 1 amide bonds. The summed E-state index contributed by atoms with van der Waals surface area (Å²) < 4.78 is 16.4. The van der Waals surface area contributed by atoms with Crippen molar-refractivity contribution in [2.45, 2.75) is 12.5 Å². The Balaban J connectivity index is 1.37. The summed E-state index contributed by atoms with van der Waals surface area (Å²) in [6.45, 7) is -0.239. The molecule has 0 saturated carbocycles. The molecule has 1 atom stereocenters. The van der Waals surface area contributed by atoms with Crippen LogP contribution in [0, 0.1) is 0 Å². The van der Waals surface area contributed by atoms with E-state index in [0.717, 1.165) is 16.7 Å². The van der Waals surface area contributed by atoms with E-state index in [4.69, 9.17) is 25.2 Å². The lowest BCUT2D eigenvalue weighted by atomic mass is 10.0. The summed E-state index contributed by atoms with van der Waals surface area (Å²) in [5.41, 5.74) is 1.57. The summed E-state index contributed by atoms with van der Waals surface area (Å²) >= 11 is 5.99. The second-order valence-corrected chi connectivity index (χ2v) is 7.71. The summed E-state index contributed by atoms with van der Waals surface area (Å²) in [4.78, 5) is 24.5. The first-order valence-corrected chi connectivity index (χ1v) is 10.3. The van der Waals surface area contributed by atoms with Crippen molar-refractivity contribution >= 4 is 34.2 Å².